The van der Waals surface area contributed by atoms with E-state index in [0.29, 0.717) is 0 Å². The van der Waals surface area contributed by atoms with Gasteiger partial charge in [0.1, 0.15) is 6.04 Å². The minimum Gasteiger partial charge on any atom is -0.353 e. The number of carbonyl (C=O) groups is 3. The Kier molecular flexibility index (Phi) is 5.25. The Bertz CT molecular complexity index is 1340. The zero-order valence-corrected chi connectivity index (χ0v) is 20.7. The molecule has 2 amide bonds. The summed E-state index contributed by atoms with van der Waals surface area (Å²) in [5.41, 5.74) is 1.81. The number of allylic oxidation sites excluding steroid dienone is 1. The van der Waals surface area contributed by atoms with Crippen molar-refractivity contribution in [2.24, 2.45) is 17.3 Å². The monoisotopic (exact) mass is 496 g/mol. The number of halogens is 3. The first-order chi connectivity index (χ1) is 16.7. The fourth-order valence-corrected chi connectivity index (χ4v) is 5.78. The van der Waals surface area contributed by atoms with E-state index in [1.165, 1.54) is 12.1 Å². The standard InChI is InChI=1S/C28H27F3N2O3/c1-14-9-10-19-18(11-14)15(2)12-20-21-22(23(33(19)20)24(34)27(3,4)5)26(36)32(25(21)35)17-8-6-7-16(13-17)28(29,30)31/h6-13,20-23H,1-5H3/t20?,21-,22-,23+/m0/s1. The lowest BCUT2D eigenvalue weighted by Gasteiger charge is -2.39. The maximum Gasteiger partial charge on any atom is 0.416 e. The normalized spacial score (nSPS) is 25.5. The number of hydrogen-bond donors (Lipinski definition) is 0. The van der Waals surface area contributed by atoms with Gasteiger partial charge in [-0.2, -0.15) is 13.2 Å². The molecular weight excluding hydrogens is 469 g/mol. The molecule has 0 saturated carbocycles. The Balaban J connectivity index is 1.66. The number of hydrogen-bond acceptors (Lipinski definition) is 4. The molecule has 0 N–H and O–H groups in total. The summed E-state index contributed by atoms with van der Waals surface area (Å²) in [6, 6.07) is 8.60. The van der Waals surface area contributed by atoms with Crippen LogP contribution in [0.2, 0.25) is 0 Å². The van der Waals surface area contributed by atoms with Crippen LogP contribution in [0.15, 0.2) is 48.5 Å². The lowest BCUT2D eigenvalue weighted by atomic mass is 9.79. The van der Waals surface area contributed by atoms with Gasteiger partial charge in [0.15, 0.2) is 5.78 Å². The molecule has 2 aromatic carbocycles. The van der Waals surface area contributed by atoms with E-state index in [9.17, 15) is 27.6 Å². The molecule has 0 bridgehead atoms. The molecule has 0 radical (unpaired) electrons. The summed E-state index contributed by atoms with van der Waals surface area (Å²) >= 11 is 0. The third kappa shape index (κ3) is 3.49. The van der Waals surface area contributed by atoms with Gasteiger partial charge >= 0.3 is 6.18 Å². The molecule has 8 heteroatoms. The highest BCUT2D eigenvalue weighted by Gasteiger charge is 2.65. The van der Waals surface area contributed by atoms with E-state index in [2.05, 4.69) is 0 Å². The molecule has 36 heavy (non-hydrogen) atoms. The quantitative estimate of drug-likeness (QED) is 0.522. The van der Waals surface area contributed by atoms with E-state index in [1.807, 2.05) is 43.0 Å². The van der Waals surface area contributed by atoms with Crippen LogP contribution in [-0.4, -0.2) is 29.7 Å². The van der Waals surface area contributed by atoms with Crippen molar-refractivity contribution in [1.82, 2.24) is 0 Å². The second-order valence-corrected chi connectivity index (χ2v) is 10.9. The average Bonchev–Trinajstić information content (AvgIpc) is 3.25. The maximum absolute atomic E-state index is 13.8. The number of ketones is 1. The Morgan fingerprint density at radius 3 is 2.22 bits per heavy atom. The van der Waals surface area contributed by atoms with Gasteiger partial charge in [0, 0.05) is 16.7 Å². The van der Waals surface area contributed by atoms with Gasteiger partial charge in [-0.25, -0.2) is 4.90 Å². The third-order valence-electron chi connectivity index (χ3n) is 7.44. The van der Waals surface area contributed by atoms with Gasteiger partial charge in [0.2, 0.25) is 11.8 Å². The first-order valence-electron chi connectivity index (χ1n) is 11.9. The lowest BCUT2D eigenvalue weighted by Crippen LogP contribution is -2.51. The van der Waals surface area contributed by atoms with Crippen LogP contribution < -0.4 is 9.80 Å². The van der Waals surface area contributed by atoms with Crippen molar-refractivity contribution < 1.29 is 27.6 Å². The van der Waals surface area contributed by atoms with Gasteiger partial charge in [-0.15, -0.1) is 0 Å². The van der Waals surface area contributed by atoms with E-state index in [1.54, 1.807) is 20.8 Å². The van der Waals surface area contributed by atoms with E-state index in [4.69, 9.17) is 0 Å². The molecule has 3 heterocycles. The molecule has 188 valence electrons. The first-order valence-corrected chi connectivity index (χ1v) is 11.9. The van der Waals surface area contributed by atoms with Crippen LogP contribution in [0.1, 0.15) is 44.4 Å². The Morgan fingerprint density at radius 1 is 0.917 bits per heavy atom. The fraction of sp³-hybridized carbons (Fsp3) is 0.393. The Labute approximate surface area is 207 Å². The zero-order chi connectivity index (χ0) is 26.3. The molecule has 5 nitrogen and oxygen atoms in total. The van der Waals surface area contributed by atoms with E-state index in [-0.39, 0.29) is 11.5 Å². The molecule has 2 aromatic rings. The highest BCUT2D eigenvalue weighted by molar-refractivity contribution is 6.25. The molecular formula is C28H27F3N2O3. The van der Waals surface area contributed by atoms with Crippen molar-refractivity contribution in [1.29, 1.82) is 0 Å². The maximum atomic E-state index is 13.8. The highest BCUT2D eigenvalue weighted by atomic mass is 19.4. The summed E-state index contributed by atoms with van der Waals surface area (Å²) in [7, 11) is 0. The van der Waals surface area contributed by atoms with Crippen molar-refractivity contribution in [3.8, 4) is 0 Å². The molecule has 2 saturated heterocycles. The molecule has 0 aromatic heterocycles. The number of anilines is 2. The number of benzene rings is 2. The van der Waals surface area contributed by atoms with Gasteiger partial charge in [-0.05, 0) is 49.8 Å². The van der Waals surface area contributed by atoms with Crippen molar-refractivity contribution in [2.75, 3.05) is 9.80 Å². The molecule has 0 spiro atoms. The molecule has 3 aliphatic heterocycles. The number of aryl methyl sites for hydroxylation is 1. The van der Waals surface area contributed by atoms with Crippen LogP contribution in [-0.2, 0) is 20.6 Å². The smallest absolute Gasteiger partial charge is 0.353 e. The zero-order valence-electron chi connectivity index (χ0n) is 20.7. The number of alkyl halides is 3. The van der Waals surface area contributed by atoms with Crippen molar-refractivity contribution >= 4 is 34.5 Å². The number of amides is 2. The number of Topliss-reactive ketones (excluding diaryl/α,β-unsaturated/α-hetero) is 1. The number of nitrogens with zero attached hydrogens (tertiary/aromatic N) is 2. The molecule has 4 atom stereocenters. The van der Waals surface area contributed by atoms with E-state index in [0.717, 1.165) is 39.4 Å². The van der Waals surface area contributed by atoms with Gasteiger partial charge in [0.05, 0.1) is 29.1 Å². The molecule has 3 aliphatic rings. The van der Waals surface area contributed by atoms with Crippen LogP contribution in [0.3, 0.4) is 0 Å². The minimum atomic E-state index is -4.62. The predicted octanol–water partition coefficient (Wildman–Crippen LogP) is 5.41. The Hall–Kier alpha value is -3.42. The second kappa shape index (κ2) is 7.79. The highest BCUT2D eigenvalue weighted by Crippen LogP contribution is 2.52. The molecule has 1 unspecified atom stereocenters. The van der Waals surface area contributed by atoms with Gasteiger partial charge in [-0.1, -0.05) is 44.5 Å². The van der Waals surface area contributed by atoms with Crippen LogP contribution in [0.5, 0.6) is 0 Å². The SMILES string of the molecule is CC1=CC2[C@@H]3C(=O)N(c4cccc(C(F)(F)F)c4)C(=O)[C@@H]3[C@H](C(=O)C(C)(C)C)N2c2ccc(C)cc21. The average molecular weight is 497 g/mol. The summed E-state index contributed by atoms with van der Waals surface area (Å²) in [4.78, 5) is 44.1. The number of rotatable bonds is 2. The minimum absolute atomic E-state index is 0.129. The predicted molar refractivity (Wildman–Crippen MR) is 130 cm³/mol. The van der Waals surface area contributed by atoms with Crippen molar-refractivity contribution in [3.63, 3.8) is 0 Å². The summed E-state index contributed by atoms with van der Waals surface area (Å²) < 4.78 is 40.1. The van der Waals surface area contributed by atoms with Gasteiger partial charge in [0.25, 0.3) is 0 Å². The summed E-state index contributed by atoms with van der Waals surface area (Å²) in [5, 5.41) is 0. The largest absolute Gasteiger partial charge is 0.416 e. The fourth-order valence-electron chi connectivity index (χ4n) is 5.78. The molecule has 5 rings (SSSR count). The van der Waals surface area contributed by atoms with Crippen LogP contribution in [0.25, 0.3) is 5.57 Å². The summed E-state index contributed by atoms with van der Waals surface area (Å²) in [5.74, 6) is -3.29. The van der Waals surface area contributed by atoms with Crippen LogP contribution >= 0.6 is 0 Å². The first kappa shape index (κ1) is 24.3. The summed E-state index contributed by atoms with van der Waals surface area (Å²) in [6.45, 7) is 9.20. The topological polar surface area (TPSA) is 57.7 Å². The van der Waals surface area contributed by atoms with Crippen LogP contribution in [0.4, 0.5) is 24.5 Å². The van der Waals surface area contributed by atoms with Gasteiger partial charge in [-0.3, -0.25) is 14.4 Å². The lowest BCUT2D eigenvalue weighted by molar-refractivity contribution is -0.137. The second-order valence-electron chi connectivity index (χ2n) is 10.9. The molecule has 2 fully saturated rings. The Morgan fingerprint density at radius 2 is 1.58 bits per heavy atom. The third-order valence-corrected chi connectivity index (χ3v) is 7.44. The van der Waals surface area contributed by atoms with Crippen LogP contribution in [0, 0.1) is 24.2 Å². The summed E-state index contributed by atoms with van der Waals surface area (Å²) in [6.07, 6.45) is -2.71. The number of carbonyl (C=O) groups excluding carboxylic acids is 3. The van der Waals surface area contributed by atoms with E-state index < -0.39 is 52.9 Å². The molecule has 0 aliphatic carbocycles. The number of imide groups is 1. The van der Waals surface area contributed by atoms with Gasteiger partial charge < -0.3 is 4.90 Å². The number of fused-ring (bicyclic) bond motifs is 5. The van der Waals surface area contributed by atoms with Crippen molar-refractivity contribution in [2.45, 2.75) is 52.9 Å². The van der Waals surface area contributed by atoms with Crippen molar-refractivity contribution in [3.05, 3.63) is 65.2 Å². The van der Waals surface area contributed by atoms with E-state index >= 15 is 0 Å².